The Morgan fingerprint density at radius 1 is 1.00 bits per heavy atom. The first-order valence-electron chi connectivity index (χ1n) is 13.6. The second kappa shape index (κ2) is 14.8. The molecular formula is C29H35Cl3N4O3S. The van der Waals surface area contributed by atoms with Crippen LogP contribution in [0.4, 0.5) is 0 Å². The Kier molecular flexibility index (Phi) is 11.4. The first-order chi connectivity index (χ1) is 19.2. The zero-order valence-corrected chi connectivity index (χ0v) is 25.6. The molecule has 2 N–H and O–H groups in total. The Bertz CT molecular complexity index is 1230. The number of carbonyl (C=O) groups excluding carboxylic acids is 3. The summed E-state index contributed by atoms with van der Waals surface area (Å²) in [6.07, 6.45) is 4.59. The summed E-state index contributed by atoms with van der Waals surface area (Å²) in [5.41, 5.74) is 2.50. The van der Waals surface area contributed by atoms with Gasteiger partial charge in [-0.25, -0.2) is 0 Å². The molecule has 216 valence electrons. The van der Waals surface area contributed by atoms with Crippen LogP contribution in [-0.4, -0.2) is 65.5 Å². The fourth-order valence-corrected chi connectivity index (χ4v) is 7.29. The van der Waals surface area contributed by atoms with Gasteiger partial charge in [0, 0.05) is 40.1 Å². The van der Waals surface area contributed by atoms with E-state index in [-0.39, 0.29) is 30.7 Å². The number of nitrogens with one attached hydrogen (secondary N) is 2. The highest BCUT2D eigenvalue weighted by atomic mass is 35.5. The van der Waals surface area contributed by atoms with Crippen molar-refractivity contribution in [2.24, 2.45) is 0 Å². The van der Waals surface area contributed by atoms with Gasteiger partial charge < -0.3 is 20.4 Å². The number of thioether (sulfide) groups is 1. The Hall–Kier alpha value is -1.97. The van der Waals surface area contributed by atoms with Crippen LogP contribution in [0.2, 0.25) is 15.1 Å². The molecule has 2 fully saturated rings. The van der Waals surface area contributed by atoms with Gasteiger partial charge in [-0.15, -0.1) is 11.8 Å². The minimum atomic E-state index is -0.649. The predicted molar refractivity (Wildman–Crippen MR) is 163 cm³/mol. The fraction of sp³-hybridized carbons (Fsp3) is 0.483. The van der Waals surface area contributed by atoms with Crippen LogP contribution >= 0.6 is 46.6 Å². The lowest BCUT2D eigenvalue weighted by Gasteiger charge is -2.26. The second-order valence-electron chi connectivity index (χ2n) is 10.2. The zero-order valence-electron chi connectivity index (χ0n) is 22.6. The molecule has 11 heteroatoms. The summed E-state index contributed by atoms with van der Waals surface area (Å²) in [5, 5.41) is 6.22. The molecule has 0 radical (unpaired) electrons. The molecule has 0 saturated carbocycles. The summed E-state index contributed by atoms with van der Waals surface area (Å²) in [6.45, 7) is 5.83. The third-order valence-corrected chi connectivity index (χ3v) is 9.76. The number of hydrogen-bond acceptors (Lipinski definition) is 5. The Morgan fingerprint density at radius 3 is 2.52 bits per heavy atom. The molecule has 2 atom stereocenters. The van der Waals surface area contributed by atoms with Crippen molar-refractivity contribution in [3.8, 4) is 0 Å². The number of amides is 3. The Balaban J connectivity index is 1.37. The summed E-state index contributed by atoms with van der Waals surface area (Å²) in [5.74, 6) is -0.752. The third kappa shape index (κ3) is 8.29. The van der Waals surface area contributed by atoms with Gasteiger partial charge in [-0.2, -0.15) is 0 Å². The SMILES string of the molecule is Cc1c(Cl)cccc1CNC(=O)C[C@H]1S[C@H](c2ccc(Cl)cc2Cl)N(CC(=O)NCCCN2CCCCC2)C1=O. The van der Waals surface area contributed by atoms with Crippen molar-refractivity contribution in [3.05, 3.63) is 68.2 Å². The normalized spacial score (nSPS) is 19.6. The van der Waals surface area contributed by atoms with E-state index in [1.165, 1.54) is 35.9 Å². The van der Waals surface area contributed by atoms with Crippen molar-refractivity contribution in [3.63, 3.8) is 0 Å². The van der Waals surface area contributed by atoms with Crippen LogP contribution in [0.1, 0.15) is 54.2 Å². The molecule has 0 spiro atoms. The van der Waals surface area contributed by atoms with Gasteiger partial charge in [0.05, 0.1) is 5.25 Å². The summed E-state index contributed by atoms with van der Waals surface area (Å²) >= 11 is 20.1. The van der Waals surface area contributed by atoms with Gasteiger partial charge in [-0.1, -0.05) is 59.4 Å². The van der Waals surface area contributed by atoms with Crippen molar-refractivity contribution in [2.45, 2.75) is 56.2 Å². The average molecular weight is 626 g/mol. The van der Waals surface area contributed by atoms with E-state index >= 15 is 0 Å². The lowest BCUT2D eigenvalue weighted by atomic mass is 10.1. The molecule has 2 aliphatic heterocycles. The number of rotatable bonds is 11. The summed E-state index contributed by atoms with van der Waals surface area (Å²) in [6, 6.07) is 10.6. The largest absolute Gasteiger partial charge is 0.355 e. The lowest BCUT2D eigenvalue weighted by Crippen LogP contribution is -2.42. The molecule has 2 aliphatic rings. The first kappa shape index (κ1) is 31.0. The summed E-state index contributed by atoms with van der Waals surface area (Å²) in [7, 11) is 0. The van der Waals surface area contributed by atoms with Crippen LogP contribution in [0.3, 0.4) is 0 Å². The van der Waals surface area contributed by atoms with Gasteiger partial charge >= 0.3 is 0 Å². The maximum atomic E-state index is 13.5. The zero-order chi connectivity index (χ0) is 28.6. The maximum Gasteiger partial charge on any atom is 0.239 e. The first-order valence-corrected chi connectivity index (χ1v) is 15.7. The third-order valence-electron chi connectivity index (χ3n) is 7.33. The molecule has 3 amide bonds. The fourth-order valence-electron chi connectivity index (χ4n) is 5.03. The summed E-state index contributed by atoms with van der Waals surface area (Å²) in [4.78, 5) is 43.2. The molecule has 2 heterocycles. The molecule has 0 aliphatic carbocycles. The van der Waals surface area contributed by atoms with Crippen LogP contribution in [0, 0.1) is 6.92 Å². The highest BCUT2D eigenvalue weighted by molar-refractivity contribution is 8.01. The average Bonchev–Trinajstić information content (AvgIpc) is 3.22. The van der Waals surface area contributed by atoms with Crippen LogP contribution in [0.25, 0.3) is 0 Å². The van der Waals surface area contributed by atoms with E-state index in [4.69, 9.17) is 34.8 Å². The highest BCUT2D eigenvalue weighted by Crippen LogP contribution is 2.46. The Morgan fingerprint density at radius 2 is 1.77 bits per heavy atom. The van der Waals surface area contributed by atoms with E-state index in [9.17, 15) is 14.4 Å². The number of carbonyl (C=O) groups is 3. The van der Waals surface area contributed by atoms with Crippen LogP contribution in [0.5, 0.6) is 0 Å². The van der Waals surface area contributed by atoms with Gasteiger partial charge in [-0.3, -0.25) is 14.4 Å². The number of halogens is 3. The number of likely N-dealkylation sites (tertiary alicyclic amines) is 1. The lowest BCUT2D eigenvalue weighted by molar-refractivity contribution is -0.136. The van der Waals surface area contributed by atoms with E-state index in [1.807, 2.05) is 19.1 Å². The summed E-state index contributed by atoms with van der Waals surface area (Å²) < 4.78 is 0. The van der Waals surface area contributed by atoms with Crippen molar-refractivity contribution < 1.29 is 14.4 Å². The van der Waals surface area contributed by atoms with Gasteiger partial charge in [0.2, 0.25) is 17.7 Å². The quantitative estimate of drug-likeness (QED) is 0.318. The van der Waals surface area contributed by atoms with E-state index in [2.05, 4.69) is 15.5 Å². The minimum Gasteiger partial charge on any atom is -0.355 e. The van der Waals surface area contributed by atoms with Crippen molar-refractivity contribution >= 4 is 64.3 Å². The van der Waals surface area contributed by atoms with E-state index in [0.29, 0.717) is 33.7 Å². The van der Waals surface area contributed by atoms with E-state index in [0.717, 1.165) is 37.2 Å². The molecule has 2 saturated heterocycles. The standard InChI is InChI=1S/C29H35Cl3N4O3S/c1-19-20(7-5-8-23(19)31)17-34-26(37)16-25-28(39)36(29(40-25)22-10-9-21(30)15-24(22)32)18-27(38)33-11-6-14-35-12-3-2-4-13-35/h5,7-10,15,25,29H,2-4,6,11-14,16-18H2,1H3,(H,33,38)(H,34,37)/t25-,29-/m1/s1. The monoisotopic (exact) mass is 624 g/mol. The Labute approximate surface area is 255 Å². The topological polar surface area (TPSA) is 81.8 Å². The molecule has 0 bridgehead atoms. The highest BCUT2D eigenvalue weighted by Gasteiger charge is 2.43. The number of nitrogens with zero attached hydrogens (tertiary/aromatic N) is 2. The van der Waals surface area contributed by atoms with Crippen molar-refractivity contribution in [2.75, 3.05) is 32.7 Å². The van der Waals surface area contributed by atoms with Crippen LogP contribution in [-0.2, 0) is 20.9 Å². The van der Waals surface area contributed by atoms with Gasteiger partial charge in [0.25, 0.3) is 0 Å². The van der Waals surface area contributed by atoms with Crippen molar-refractivity contribution in [1.29, 1.82) is 0 Å². The van der Waals surface area contributed by atoms with Crippen molar-refractivity contribution in [1.82, 2.24) is 20.4 Å². The number of benzene rings is 2. The molecule has 2 aromatic rings. The number of piperidine rings is 1. The van der Waals surface area contributed by atoms with Gasteiger partial charge in [-0.05, 0) is 75.1 Å². The second-order valence-corrected chi connectivity index (χ2v) is 12.8. The minimum absolute atomic E-state index is 0.0151. The van der Waals surface area contributed by atoms with E-state index in [1.54, 1.807) is 24.3 Å². The molecule has 0 unspecified atom stereocenters. The van der Waals surface area contributed by atoms with Crippen LogP contribution < -0.4 is 10.6 Å². The molecule has 0 aromatic heterocycles. The molecule has 2 aromatic carbocycles. The predicted octanol–water partition coefficient (Wildman–Crippen LogP) is 5.60. The molecular weight excluding hydrogens is 591 g/mol. The molecule has 7 nitrogen and oxygen atoms in total. The molecule has 4 rings (SSSR count). The smallest absolute Gasteiger partial charge is 0.239 e. The van der Waals surface area contributed by atoms with Crippen LogP contribution in [0.15, 0.2) is 36.4 Å². The maximum absolute atomic E-state index is 13.5. The number of hydrogen-bond donors (Lipinski definition) is 2. The van der Waals surface area contributed by atoms with Gasteiger partial charge in [0.1, 0.15) is 11.9 Å². The van der Waals surface area contributed by atoms with Gasteiger partial charge in [0.15, 0.2) is 0 Å². The molecule has 40 heavy (non-hydrogen) atoms. The van der Waals surface area contributed by atoms with E-state index < -0.39 is 10.6 Å².